The van der Waals surface area contributed by atoms with Gasteiger partial charge in [0, 0.05) is 0 Å². The van der Waals surface area contributed by atoms with Gasteiger partial charge in [-0.3, -0.25) is 0 Å². The third-order valence-electron chi connectivity index (χ3n) is 2.31. The van der Waals surface area contributed by atoms with Crippen molar-refractivity contribution in [2.75, 3.05) is 6.61 Å². The molecule has 0 aromatic heterocycles. The van der Waals surface area contributed by atoms with Crippen LogP contribution in [0.25, 0.3) is 0 Å². The summed E-state index contributed by atoms with van der Waals surface area (Å²) in [5, 5.41) is 0. The molecule has 0 bridgehead atoms. The molecule has 0 spiro atoms. The second-order valence-electron chi connectivity index (χ2n) is 3.59. The van der Waals surface area contributed by atoms with Gasteiger partial charge in [-0.2, -0.15) is 0 Å². The van der Waals surface area contributed by atoms with Crippen LogP contribution in [0.1, 0.15) is 31.7 Å². The van der Waals surface area contributed by atoms with Gasteiger partial charge in [0.1, 0.15) is 12.4 Å². The van der Waals surface area contributed by atoms with E-state index in [4.69, 9.17) is 11.2 Å². The lowest BCUT2D eigenvalue weighted by Gasteiger charge is -2.04. The van der Waals surface area contributed by atoms with E-state index in [1.807, 2.05) is 12.1 Å². The van der Waals surface area contributed by atoms with E-state index in [1.54, 1.807) is 0 Å². The number of unbranched alkanes of at least 4 members (excludes halogenated alkanes) is 2. The highest BCUT2D eigenvalue weighted by Gasteiger charge is 1.95. The molecular weight excluding hydrogens is 184 g/mol. The molecule has 80 valence electrons. The minimum atomic E-state index is 0.342. The first kappa shape index (κ1) is 11.7. The number of benzene rings is 1. The Morgan fingerprint density at radius 2 is 1.93 bits per heavy atom. The zero-order chi connectivity index (χ0) is 10.9. The monoisotopic (exact) mass is 202 g/mol. The number of rotatable bonds is 6. The van der Waals surface area contributed by atoms with Gasteiger partial charge in [0.2, 0.25) is 0 Å². The molecule has 0 N–H and O–H groups in total. The van der Waals surface area contributed by atoms with E-state index < -0.39 is 0 Å². The number of hydrogen-bond donors (Lipinski definition) is 0. The minimum absolute atomic E-state index is 0.342. The minimum Gasteiger partial charge on any atom is -0.481 e. The van der Waals surface area contributed by atoms with Crippen molar-refractivity contribution >= 4 is 0 Å². The van der Waals surface area contributed by atoms with Crippen molar-refractivity contribution in [1.29, 1.82) is 0 Å². The topological polar surface area (TPSA) is 9.23 Å². The van der Waals surface area contributed by atoms with Gasteiger partial charge in [0.15, 0.2) is 0 Å². The molecule has 1 nitrogen and oxygen atoms in total. The molecule has 1 aromatic carbocycles. The number of hydrogen-bond acceptors (Lipinski definition) is 1. The standard InChI is InChI=1S/C14H18O/c1-3-5-6-7-13-8-10-14(11-9-13)15-12-4-2/h2,8-11H,3,5-7,12H2,1H3. The van der Waals surface area contributed by atoms with Crippen molar-refractivity contribution in [3.63, 3.8) is 0 Å². The van der Waals surface area contributed by atoms with Gasteiger partial charge in [0.25, 0.3) is 0 Å². The van der Waals surface area contributed by atoms with Crippen molar-refractivity contribution < 1.29 is 4.74 Å². The summed E-state index contributed by atoms with van der Waals surface area (Å²) in [4.78, 5) is 0. The van der Waals surface area contributed by atoms with E-state index in [9.17, 15) is 0 Å². The third-order valence-corrected chi connectivity index (χ3v) is 2.31. The second kappa shape index (κ2) is 6.95. The molecule has 0 saturated carbocycles. The van der Waals surface area contributed by atoms with E-state index in [2.05, 4.69) is 25.0 Å². The normalized spacial score (nSPS) is 9.60. The molecule has 1 rings (SSSR count). The largest absolute Gasteiger partial charge is 0.481 e. The molecule has 0 aliphatic heterocycles. The summed E-state index contributed by atoms with van der Waals surface area (Å²) in [5.41, 5.74) is 1.37. The Kier molecular flexibility index (Phi) is 5.40. The summed E-state index contributed by atoms with van der Waals surface area (Å²) in [7, 11) is 0. The first-order valence-corrected chi connectivity index (χ1v) is 5.52. The lowest BCUT2D eigenvalue weighted by Crippen LogP contribution is -1.93. The lowest BCUT2D eigenvalue weighted by molar-refractivity contribution is 0.370. The average molecular weight is 202 g/mol. The maximum absolute atomic E-state index is 5.30. The van der Waals surface area contributed by atoms with Crippen molar-refractivity contribution in [2.24, 2.45) is 0 Å². The molecule has 0 radical (unpaired) electrons. The Hall–Kier alpha value is -1.42. The van der Waals surface area contributed by atoms with Crippen LogP contribution in [0.2, 0.25) is 0 Å². The maximum Gasteiger partial charge on any atom is 0.148 e. The van der Waals surface area contributed by atoms with Crippen molar-refractivity contribution in [2.45, 2.75) is 32.6 Å². The van der Waals surface area contributed by atoms with Gasteiger partial charge in [-0.1, -0.05) is 37.8 Å². The summed E-state index contributed by atoms with van der Waals surface area (Å²) in [5.74, 6) is 3.30. The average Bonchev–Trinajstić information content (AvgIpc) is 2.28. The molecule has 0 saturated heterocycles. The van der Waals surface area contributed by atoms with Gasteiger partial charge in [-0.15, -0.1) is 6.42 Å². The van der Waals surface area contributed by atoms with E-state index >= 15 is 0 Å². The van der Waals surface area contributed by atoms with E-state index in [0.717, 1.165) is 12.2 Å². The van der Waals surface area contributed by atoms with Crippen LogP contribution in [0, 0.1) is 12.3 Å². The van der Waals surface area contributed by atoms with Gasteiger partial charge >= 0.3 is 0 Å². The molecule has 15 heavy (non-hydrogen) atoms. The number of terminal acetylenes is 1. The second-order valence-corrected chi connectivity index (χ2v) is 3.59. The van der Waals surface area contributed by atoms with Gasteiger partial charge in [-0.25, -0.2) is 0 Å². The van der Waals surface area contributed by atoms with Crippen molar-refractivity contribution in [3.05, 3.63) is 29.8 Å². The van der Waals surface area contributed by atoms with Crippen molar-refractivity contribution in [1.82, 2.24) is 0 Å². The lowest BCUT2D eigenvalue weighted by atomic mass is 10.1. The first-order valence-electron chi connectivity index (χ1n) is 5.52. The maximum atomic E-state index is 5.30. The fourth-order valence-corrected chi connectivity index (χ4v) is 1.46. The predicted molar refractivity (Wildman–Crippen MR) is 64.0 cm³/mol. The fraction of sp³-hybridized carbons (Fsp3) is 0.429. The van der Waals surface area contributed by atoms with Crippen LogP contribution in [-0.2, 0) is 6.42 Å². The number of aryl methyl sites for hydroxylation is 1. The molecule has 0 heterocycles. The van der Waals surface area contributed by atoms with E-state index in [0.29, 0.717) is 6.61 Å². The van der Waals surface area contributed by atoms with E-state index in [-0.39, 0.29) is 0 Å². The third kappa shape index (κ3) is 4.56. The van der Waals surface area contributed by atoms with Crippen molar-refractivity contribution in [3.8, 4) is 18.1 Å². The van der Waals surface area contributed by atoms with Crippen LogP contribution in [-0.4, -0.2) is 6.61 Å². The molecule has 0 aliphatic rings. The van der Waals surface area contributed by atoms with Crippen LogP contribution >= 0.6 is 0 Å². The molecule has 0 fully saturated rings. The summed E-state index contributed by atoms with van der Waals surface area (Å²) in [6, 6.07) is 8.19. The van der Waals surface area contributed by atoms with Gasteiger partial charge < -0.3 is 4.74 Å². The number of ether oxygens (including phenoxy) is 1. The molecule has 1 heteroatoms. The van der Waals surface area contributed by atoms with Gasteiger partial charge in [0.05, 0.1) is 0 Å². The smallest absolute Gasteiger partial charge is 0.148 e. The van der Waals surface area contributed by atoms with Crippen LogP contribution in [0.4, 0.5) is 0 Å². The highest BCUT2D eigenvalue weighted by molar-refractivity contribution is 5.27. The van der Waals surface area contributed by atoms with Crippen LogP contribution < -0.4 is 4.74 Å². The zero-order valence-electron chi connectivity index (χ0n) is 9.33. The molecule has 1 aromatic rings. The summed E-state index contributed by atoms with van der Waals surface area (Å²) in [6.07, 6.45) is 10.1. The molecule has 0 unspecified atom stereocenters. The predicted octanol–water partition coefficient (Wildman–Crippen LogP) is 3.43. The Labute approximate surface area is 92.5 Å². The Bertz CT molecular complexity index is 305. The van der Waals surface area contributed by atoms with E-state index in [1.165, 1.54) is 24.8 Å². The zero-order valence-corrected chi connectivity index (χ0v) is 9.33. The highest BCUT2D eigenvalue weighted by atomic mass is 16.5. The highest BCUT2D eigenvalue weighted by Crippen LogP contribution is 2.14. The Morgan fingerprint density at radius 3 is 2.53 bits per heavy atom. The Morgan fingerprint density at radius 1 is 1.20 bits per heavy atom. The van der Waals surface area contributed by atoms with Gasteiger partial charge in [-0.05, 0) is 30.5 Å². The molecule has 0 aliphatic carbocycles. The summed E-state index contributed by atoms with van der Waals surface area (Å²) in [6.45, 7) is 2.56. The van der Waals surface area contributed by atoms with Crippen LogP contribution in [0.5, 0.6) is 5.75 Å². The van der Waals surface area contributed by atoms with Crippen LogP contribution in [0.3, 0.4) is 0 Å². The van der Waals surface area contributed by atoms with Crippen LogP contribution in [0.15, 0.2) is 24.3 Å². The fourth-order valence-electron chi connectivity index (χ4n) is 1.46. The molecular formula is C14H18O. The Balaban J connectivity index is 2.39. The summed E-state index contributed by atoms with van der Waals surface area (Å²) >= 11 is 0. The molecule has 0 amide bonds. The quantitative estimate of drug-likeness (QED) is 0.507. The SMILES string of the molecule is C#CCOc1ccc(CCCCC)cc1. The molecule has 0 atom stereocenters. The summed E-state index contributed by atoms with van der Waals surface area (Å²) < 4.78 is 5.30. The first-order chi connectivity index (χ1) is 7.36.